The van der Waals surface area contributed by atoms with Gasteiger partial charge in [-0.2, -0.15) is 0 Å². The van der Waals surface area contributed by atoms with Crippen LogP contribution in [0.4, 0.5) is 32.1 Å². The smallest absolute Gasteiger partial charge is 0.417 e. The molecule has 3 N–H and O–H groups in total. The largest absolute Gasteiger partial charge is 0.449 e. The minimum absolute atomic E-state index is 0.00242. The van der Waals surface area contributed by atoms with E-state index in [1.807, 2.05) is 43.3 Å². The molecule has 0 aliphatic carbocycles. The highest BCUT2D eigenvalue weighted by molar-refractivity contribution is 6.12. The van der Waals surface area contributed by atoms with Gasteiger partial charge < -0.3 is 29.9 Å². The van der Waals surface area contributed by atoms with E-state index in [4.69, 9.17) is 9.72 Å². The Morgan fingerprint density at radius 2 is 1.67 bits per heavy atom. The highest BCUT2D eigenvalue weighted by atomic mass is 19.1. The number of anilines is 4. The Morgan fingerprint density at radius 1 is 0.894 bits per heavy atom. The number of carbonyl (C=O) groups excluding carboxylic acids is 5. The molecule has 5 amide bonds. The van der Waals surface area contributed by atoms with Crippen molar-refractivity contribution in [3.63, 3.8) is 0 Å². The third-order valence-corrected chi connectivity index (χ3v) is 13.6. The summed E-state index contributed by atoms with van der Waals surface area (Å²) in [5.74, 6) is -1.30. The molecule has 0 radical (unpaired) electrons. The number of pyridine rings is 2. The molecule has 342 valence electrons. The van der Waals surface area contributed by atoms with Crippen LogP contribution in [-0.2, 0) is 27.4 Å². The molecule has 5 aliphatic heterocycles. The van der Waals surface area contributed by atoms with Gasteiger partial charge in [-0.25, -0.2) is 24.1 Å². The molecular weight excluding hydrogens is 848 g/mol. The number of ether oxygens (including phenoxy) is 1. The number of unbranched alkanes of at least 4 members (excludes halogenated alkanes) is 1. The second kappa shape index (κ2) is 17.5. The normalized spacial score (nSPS) is 19.7. The van der Waals surface area contributed by atoms with Crippen LogP contribution in [0, 0.1) is 5.82 Å². The lowest BCUT2D eigenvalue weighted by Crippen LogP contribution is -2.55. The van der Waals surface area contributed by atoms with Crippen LogP contribution >= 0.6 is 0 Å². The first kappa shape index (κ1) is 43.0. The number of hydrogen-bond acceptors (Lipinski definition) is 13. The fraction of sp³-hybridized carbons (Fsp3) is 0.396. The molecule has 10 rings (SSSR count). The second-order valence-electron chi connectivity index (χ2n) is 17.8. The summed E-state index contributed by atoms with van der Waals surface area (Å²) in [6, 6.07) is 15.3. The predicted octanol–water partition coefficient (Wildman–Crippen LogP) is 5.09. The van der Waals surface area contributed by atoms with Crippen LogP contribution in [0.3, 0.4) is 0 Å². The van der Waals surface area contributed by atoms with Crippen molar-refractivity contribution >= 4 is 58.2 Å². The fourth-order valence-corrected chi connectivity index (χ4v) is 9.91. The van der Waals surface area contributed by atoms with Crippen LogP contribution in [-0.4, -0.2) is 128 Å². The van der Waals surface area contributed by atoms with Gasteiger partial charge in [0.05, 0.1) is 53.8 Å². The number of fused-ring (bicyclic) bond motifs is 3. The lowest BCUT2D eigenvalue weighted by Gasteiger charge is -2.44. The Balaban J connectivity index is 0.752. The number of piperidine rings is 2. The molecule has 3 aromatic heterocycles. The number of piperazine rings is 1. The molecule has 3 saturated heterocycles. The Labute approximate surface area is 380 Å². The summed E-state index contributed by atoms with van der Waals surface area (Å²) in [6.07, 6.45) is 7.52. The number of imidazole rings is 1. The number of imide groups is 2. The number of β-amino-alcohol motifs (C(OH)–C–C–N with tert-alkyl or cyclic N) is 1. The third-order valence-electron chi connectivity index (χ3n) is 13.6. The number of carbonyl (C=O) groups is 5. The van der Waals surface area contributed by atoms with E-state index in [0.717, 1.165) is 54.4 Å². The Bertz CT molecular complexity index is 2750. The van der Waals surface area contributed by atoms with E-state index < -0.39 is 35.4 Å². The summed E-state index contributed by atoms with van der Waals surface area (Å²) in [6.45, 7) is 7.51. The number of halogens is 1. The number of rotatable bonds is 11. The number of nitrogens with zero attached hydrogens (tertiary/aromatic N) is 8. The van der Waals surface area contributed by atoms with Gasteiger partial charge in [-0.3, -0.25) is 33.8 Å². The van der Waals surface area contributed by atoms with E-state index in [1.54, 1.807) is 34.0 Å². The van der Waals surface area contributed by atoms with E-state index in [9.17, 15) is 33.5 Å². The van der Waals surface area contributed by atoms with Crippen LogP contribution < -0.4 is 20.4 Å². The zero-order chi connectivity index (χ0) is 45.7. The molecule has 66 heavy (non-hydrogen) atoms. The summed E-state index contributed by atoms with van der Waals surface area (Å²) in [5.41, 5.74) is 5.73. The molecule has 0 saturated carbocycles. The first-order chi connectivity index (χ1) is 31.9. The average molecular weight is 899 g/mol. The van der Waals surface area contributed by atoms with E-state index in [0.29, 0.717) is 97.0 Å². The molecule has 18 heteroatoms. The maximum absolute atomic E-state index is 14.0. The van der Waals surface area contributed by atoms with Gasteiger partial charge in [0.1, 0.15) is 23.3 Å². The van der Waals surface area contributed by atoms with Crippen LogP contribution in [0.15, 0.2) is 73.2 Å². The van der Waals surface area contributed by atoms with Crippen LogP contribution in [0.1, 0.15) is 77.3 Å². The number of nitrogens with one attached hydrogen (secondary N) is 2. The van der Waals surface area contributed by atoms with Gasteiger partial charge in [-0.15, -0.1) is 0 Å². The topological polar surface area (TPSA) is 185 Å². The summed E-state index contributed by atoms with van der Waals surface area (Å²) >= 11 is 0. The van der Waals surface area contributed by atoms with E-state index in [1.165, 1.54) is 12.1 Å². The van der Waals surface area contributed by atoms with Crippen molar-refractivity contribution in [2.24, 2.45) is 0 Å². The highest BCUT2D eigenvalue weighted by Crippen LogP contribution is 2.39. The molecule has 2 aromatic carbocycles. The zero-order valence-electron chi connectivity index (χ0n) is 36.7. The average Bonchev–Trinajstić information content (AvgIpc) is 4.00. The maximum atomic E-state index is 14.0. The second-order valence-corrected chi connectivity index (χ2v) is 17.8. The number of aromatic nitrogens is 3. The van der Waals surface area contributed by atoms with Crippen molar-refractivity contribution in [1.29, 1.82) is 0 Å². The number of aliphatic hydroxyl groups is 1. The summed E-state index contributed by atoms with van der Waals surface area (Å²) < 4.78 is 21.2. The molecular formula is C48H51FN10O7. The van der Waals surface area contributed by atoms with Crippen LogP contribution in [0.5, 0.6) is 0 Å². The molecule has 17 nitrogen and oxygen atoms in total. The van der Waals surface area contributed by atoms with Crippen molar-refractivity contribution in [3.05, 3.63) is 101 Å². The highest BCUT2D eigenvalue weighted by Gasteiger charge is 2.41. The molecule has 5 aromatic rings. The SMILES string of the molecule is CCCCOC(=O)N1Cc2c(-c3cnc4cc(F)ccn34)ccc(Nc3ccc(N4CCC(O)(CN5CCN(c6ccc7c(c6)CN(C6CCC(=O)NC6=O)C7=O)CC5)CC4)cn3)c2C1=O. The Kier molecular flexibility index (Phi) is 11.4. The third kappa shape index (κ3) is 8.19. The Morgan fingerprint density at radius 3 is 2.42 bits per heavy atom. The summed E-state index contributed by atoms with van der Waals surface area (Å²) in [5, 5.41) is 17.4. The zero-order valence-corrected chi connectivity index (χ0v) is 36.7. The van der Waals surface area contributed by atoms with Crippen molar-refractivity contribution in [1.82, 2.24) is 34.4 Å². The number of benzene rings is 2. The van der Waals surface area contributed by atoms with Gasteiger partial charge in [-0.1, -0.05) is 19.4 Å². The quantitative estimate of drug-likeness (QED) is 0.118. The van der Waals surface area contributed by atoms with Crippen molar-refractivity contribution in [3.8, 4) is 11.3 Å². The first-order valence-corrected chi connectivity index (χ1v) is 22.7. The minimum atomic E-state index is -0.837. The lowest BCUT2D eigenvalue weighted by molar-refractivity contribution is -0.136. The van der Waals surface area contributed by atoms with E-state index >= 15 is 0 Å². The lowest BCUT2D eigenvalue weighted by atomic mass is 9.90. The summed E-state index contributed by atoms with van der Waals surface area (Å²) in [7, 11) is 0. The molecule has 0 bridgehead atoms. The fourth-order valence-electron chi connectivity index (χ4n) is 9.91. The Hall–Kier alpha value is -6.92. The van der Waals surface area contributed by atoms with Gasteiger partial charge in [0.2, 0.25) is 11.8 Å². The van der Waals surface area contributed by atoms with Crippen LogP contribution in [0.2, 0.25) is 0 Å². The molecule has 3 fully saturated rings. The molecule has 5 aliphatic rings. The van der Waals surface area contributed by atoms with Crippen molar-refractivity contribution in [2.75, 3.05) is 67.5 Å². The monoisotopic (exact) mass is 898 g/mol. The maximum Gasteiger partial charge on any atom is 0.417 e. The molecule has 8 heterocycles. The van der Waals surface area contributed by atoms with E-state index in [2.05, 4.69) is 30.3 Å². The van der Waals surface area contributed by atoms with Gasteiger partial charge in [0.25, 0.3) is 11.8 Å². The minimum Gasteiger partial charge on any atom is -0.449 e. The molecule has 1 unspecified atom stereocenters. The first-order valence-electron chi connectivity index (χ1n) is 22.7. The summed E-state index contributed by atoms with van der Waals surface area (Å²) in [4.78, 5) is 83.0. The van der Waals surface area contributed by atoms with Crippen LogP contribution in [0.25, 0.3) is 16.9 Å². The van der Waals surface area contributed by atoms with Gasteiger partial charge in [0, 0.05) is 87.9 Å². The van der Waals surface area contributed by atoms with Gasteiger partial charge in [0.15, 0.2) is 0 Å². The predicted molar refractivity (Wildman–Crippen MR) is 242 cm³/mol. The molecule has 1 atom stereocenters. The van der Waals surface area contributed by atoms with Crippen molar-refractivity contribution in [2.45, 2.75) is 70.2 Å². The van der Waals surface area contributed by atoms with Crippen molar-refractivity contribution < 1.29 is 38.2 Å². The molecule has 0 spiro atoms. The van der Waals surface area contributed by atoms with E-state index in [-0.39, 0.29) is 31.4 Å². The standard InChI is InChI=1S/C48H51FN10O7/c1-2-3-22-66-47(64)59-28-36-35(39-26-51-41-24-31(49)12-15-57(39)41)7-8-37(43(36)46(59)63)52-40-10-5-33(25-50-40)55-16-13-48(65,14-17-55)29-54-18-20-56(21-19-54)32-4-6-34-30(23-32)27-58(45(34)62)38-9-11-42(60)53-44(38)61/h4-8,10,12,15,23-26,38,65H,2-3,9,11,13-14,16-22,27-29H2,1H3,(H,50,52)(H,53,60,61). The van der Waals surface area contributed by atoms with Gasteiger partial charge >= 0.3 is 6.09 Å². The number of amides is 5. The number of hydrogen-bond donors (Lipinski definition) is 3. The van der Waals surface area contributed by atoms with Gasteiger partial charge in [-0.05, 0) is 79.3 Å².